The molecule has 0 radical (unpaired) electrons. The second-order valence-electron chi connectivity index (χ2n) is 12.5. The second kappa shape index (κ2) is 17.7. The molecule has 0 bridgehead atoms. The summed E-state index contributed by atoms with van der Waals surface area (Å²) in [5.41, 5.74) is 0.797. The number of carbonyl (C=O) groups excluding carboxylic acids is 3. The SMILES string of the molecule is CNCN[C@@](O)(CCC(=O)N[C@@H](CS[C@@H]1CCCCCC[C@H]2CC(Cc3ccncc3)=C[C@H]3C(=O)OC1=C23)C(=O)N[C@@H](O)C(=O)O)C(=O)O. The molecule has 0 aromatic carbocycles. The largest absolute Gasteiger partial charge is 0.478 e. The zero-order valence-electron chi connectivity index (χ0n) is 27.4. The van der Waals surface area contributed by atoms with Crippen LogP contribution in [0.4, 0.5) is 0 Å². The summed E-state index contributed by atoms with van der Waals surface area (Å²) in [7, 11) is 1.53. The Balaban J connectivity index is 1.54. The minimum absolute atomic E-state index is 0.0630. The number of allylic oxidation sites excluding steroid dienone is 1. The number of ether oxygens (including phenoxy) is 1. The molecule has 0 spiro atoms. The molecule has 4 rings (SSSR count). The van der Waals surface area contributed by atoms with Gasteiger partial charge in [-0.2, -0.15) is 0 Å². The van der Waals surface area contributed by atoms with Crippen LogP contribution in [-0.4, -0.2) is 97.8 Å². The van der Waals surface area contributed by atoms with Crippen LogP contribution in [0.1, 0.15) is 63.4 Å². The van der Waals surface area contributed by atoms with E-state index in [0.29, 0.717) is 18.6 Å². The van der Waals surface area contributed by atoms with Crippen LogP contribution < -0.4 is 21.3 Å². The first-order chi connectivity index (χ1) is 23.4. The van der Waals surface area contributed by atoms with Crippen LogP contribution in [0.15, 0.2) is 47.5 Å². The highest BCUT2D eigenvalue weighted by molar-refractivity contribution is 8.00. The highest BCUT2D eigenvalue weighted by Gasteiger charge is 2.44. The molecule has 8 N–H and O–H groups in total. The third-order valence-corrected chi connectivity index (χ3v) is 10.3. The number of amides is 2. The number of esters is 1. The van der Waals surface area contributed by atoms with E-state index < -0.39 is 60.5 Å². The summed E-state index contributed by atoms with van der Waals surface area (Å²) in [6, 6.07) is 2.56. The summed E-state index contributed by atoms with van der Waals surface area (Å²) in [4.78, 5) is 66.4. The molecule has 1 aromatic heterocycles. The Hall–Kier alpha value is -3.83. The zero-order chi connectivity index (χ0) is 35.6. The number of thioether (sulfide) groups is 1. The number of nitrogens with zero attached hydrogens (tertiary/aromatic N) is 1. The number of hydrogen-bond donors (Lipinski definition) is 8. The molecule has 6 atom stereocenters. The van der Waals surface area contributed by atoms with Gasteiger partial charge in [-0.3, -0.25) is 24.7 Å². The van der Waals surface area contributed by atoms with Crippen molar-refractivity contribution in [3.05, 3.63) is 53.1 Å². The first-order valence-electron chi connectivity index (χ1n) is 16.4. The van der Waals surface area contributed by atoms with Crippen molar-refractivity contribution in [3.8, 4) is 0 Å². The monoisotopic (exact) mass is 703 g/mol. The molecule has 0 unspecified atom stereocenters. The van der Waals surface area contributed by atoms with E-state index in [1.54, 1.807) is 12.4 Å². The Morgan fingerprint density at radius 1 is 1.08 bits per heavy atom. The minimum atomic E-state index is -2.43. The Morgan fingerprint density at radius 2 is 1.80 bits per heavy atom. The maximum absolute atomic E-state index is 13.3. The number of rotatable bonds is 16. The predicted octanol–water partition coefficient (Wildman–Crippen LogP) is 0.777. The average molecular weight is 704 g/mol. The van der Waals surface area contributed by atoms with Crippen LogP contribution in [0, 0.1) is 11.8 Å². The van der Waals surface area contributed by atoms with Gasteiger partial charge in [0, 0.05) is 37.7 Å². The van der Waals surface area contributed by atoms with Crippen molar-refractivity contribution in [1.82, 2.24) is 26.3 Å². The molecule has 268 valence electrons. The fourth-order valence-corrected chi connectivity index (χ4v) is 7.71. The van der Waals surface area contributed by atoms with E-state index in [1.165, 1.54) is 18.8 Å². The molecule has 0 saturated heterocycles. The van der Waals surface area contributed by atoms with Gasteiger partial charge in [0.15, 0.2) is 0 Å². The number of aliphatic hydroxyl groups is 2. The quantitative estimate of drug-likeness (QED) is 0.0675. The van der Waals surface area contributed by atoms with Gasteiger partial charge in [-0.1, -0.05) is 37.3 Å². The molecule has 2 heterocycles. The van der Waals surface area contributed by atoms with E-state index in [-0.39, 0.29) is 29.6 Å². The first-order valence-corrected chi connectivity index (χ1v) is 17.5. The van der Waals surface area contributed by atoms with Crippen molar-refractivity contribution in [2.75, 3.05) is 19.5 Å². The Labute approximate surface area is 288 Å². The van der Waals surface area contributed by atoms with E-state index in [4.69, 9.17) is 9.84 Å². The highest BCUT2D eigenvalue weighted by atomic mass is 32.2. The van der Waals surface area contributed by atoms with Gasteiger partial charge in [-0.15, -0.1) is 11.8 Å². The molecule has 1 aliphatic heterocycles. The molecule has 0 fully saturated rings. The number of carboxylic acids is 2. The molecular formula is C33H45N5O10S. The number of pyridine rings is 1. The molecule has 49 heavy (non-hydrogen) atoms. The average Bonchev–Trinajstić information content (AvgIpc) is 3.40. The number of aromatic nitrogens is 1. The van der Waals surface area contributed by atoms with Crippen LogP contribution in [0.3, 0.4) is 0 Å². The van der Waals surface area contributed by atoms with Crippen molar-refractivity contribution in [1.29, 1.82) is 0 Å². The summed E-state index contributed by atoms with van der Waals surface area (Å²) in [6.45, 7) is -0.0630. The minimum Gasteiger partial charge on any atom is -0.478 e. The van der Waals surface area contributed by atoms with Crippen molar-refractivity contribution < 1.29 is 49.1 Å². The molecule has 2 aliphatic carbocycles. The van der Waals surface area contributed by atoms with Crippen LogP contribution in [-0.2, 0) is 35.1 Å². The Bertz CT molecular complexity index is 1440. The molecule has 0 saturated carbocycles. The maximum Gasteiger partial charge on any atom is 0.353 e. The maximum atomic E-state index is 13.3. The lowest BCUT2D eigenvalue weighted by Crippen LogP contribution is -2.56. The molecule has 2 amide bonds. The van der Waals surface area contributed by atoms with E-state index in [1.807, 2.05) is 23.5 Å². The van der Waals surface area contributed by atoms with Gasteiger partial charge in [0.1, 0.15) is 17.7 Å². The van der Waals surface area contributed by atoms with E-state index in [0.717, 1.165) is 55.2 Å². The third kappa shape index (κ3) is 10.3. The number of aliphatic carboxylic acids is 2. The van der Waals surface area contributed by atoms with Crippen LogP contribution in [0.5, 0.6) is 0 Å². The predicted molar refractivity (Wildman–Crippen MR) is 177 cm³/mol. The number of carbonyl (C=O) groups is 5. The van der Waals surface area contributed by atoms with Gasteiger partial charge in [0.2, 0.25) is 23.8 Å². The van der Waals surface area contributed by atoms with Gasteiger partial charge >= 0.3 is 17.9 Å². The first kappa shape index (κ1) is 38.0. The standard InChI is InChI=1S/C33H45N5O10S/c1-34-18-36-33(47,32(45)46)11-8-25(39)37-23(28(40)38-29(41)30(42)43)17-49-24-7-5-3-2-4-6-21-15-20(14-19-9-12-35-13-10-19)16-22-26(21)27(24)48-31(22)44/h9-10,12-13,16,21-24,29,34,36,41,47H,2-8,11,14-15,17-18H2,1H3,(H,37,39)(H,38,40)(H,42,43)(H,45,46)/t21-,22+,23-,24+,29-,33+/m0/s1. The van der Waals surface area contributed by atoms with Crippen molar-refractivity contribution in [3.63, 3.8) is 0 Å². The summed E-state index contributed by atoms with van der Waals surface area (Å²) in [6.07, 6.45) is 9.08. The summed E-state index contributed by atoms with van der Waals surface area (Å²) >= 11 is 1.28. The number of nitrogens with one attached hydrogen (secondary N) is 4. The number of carboxylic acid groups (broad SMARTS) is 2. The molecular weight excluding hydrogens is 658 g/mol. The van der Waals surface area contributed by atoms with Gasteiger partial charge in [0.25, 0.3) is 0 Å². The topological polar surface area (TPSA) is 237 Å². The van der Waals surface area contributed by atoms with E-state index in [9.17, 15) is 39.3 Å². The molecule has 1 aromatic rings. The van der Waals surface area contributed by atoms with Gasteiger partial charge < -0.3 is 41.1 Å². The molecule has 15 nitrogen and oxygen atoms in total. The lowest BCUT2D eigenvalue weighted by Gasteiger charge is -2.30. The highest BCUT2D eigenvalue weighted by Crippen LogP contribution is 2.47. The van der Waals surface area contributed by atoms with Gasteiger partial charge in [-0.25, -0.2) is 9.59 Å². The normalized spacial score (nSPS) is 23.2. The smallest absolute Gasteiger partial charge is 0.353 e. The third-order valence-electron chi connectivity index (χ3n) is 8.93. The fourth-order valence-electron chi connectivity index (χ4n) is 6.38. The Kier molecular flexibility index (Phi) is 13.7. The molecule has 3 aliphatic rings. The van der Waals surface area contributed by atoms with E-state index >= 15 is 0 Å². The van der Waals surface area contributed by atoms with E-state index in [2.05, 4.69) is 20.9 Å². The zero-order valence-corrected chi connectivity index (χ0v) is 28.2. The molecule has 16 heteroatoms. The van der Waals surface area contributed by atoms with Crippen molar-refractivity contribution >= 4 is 41.5 Å². The second-order valence-corrected chi connectivity index (χ2v) is 13.8. The van der Waals surface area contributed by atoms with Gasteiger partial charge in [-0.05, 0) is 61.9 Å². The van der Waals surface area contributed by atoms with Crippen molar-refractivity contribution in [2.45, 2.75) is 87.5 Å². The summed E-state index contributed by atoms with van der Waals surface area (Å²) in [5.74, 6) is -5.32. The fraction of sp³-hybridized carbons (Fsp3) is 0.576. The lowest BCUT2D eigenvalue weighted by atomic mass is 9.74. The van der Waals surface area contributed by atoms with Crippen LogP contribution in [0.2, 0.25) is 0 Å². The van der Waals surface area contributed by atoms with Crippen molar-refractivity contribution in [2.24, 2.45) is 11.8 Å². The van der Waals surface area contributed by atoms with Crippen LogP contribution >= 0.6 is 11.8 Å². The number of aliphatic hydroxyl groups excluding tert-OH is 1. The Morgan fingerprint density at radius 3 is 2.47 bits per heavy atom. The lowest BCUT2D eigenvalue weighted by molar-refractivity contribution is -0.164. The summed E-state index contributed by atoms with van der Waals surface area (Å²) in [5, 5.41) is 48.0. The van der Waals surface area contributed by atoms with Crippen LogP contribution in [0.25, 0.3) is 0 Å². The number of hydrogen-bond acceptors (Lipinski definition) is 12. The summed E-state index contributed by atoms with van der Waals surface area (Å²) < 4.78 is 5.99. The van der Waals surface area contributed by atoms with Gasteiger partial charge in [0.05, 0.1) is 5.25 Å².